The summed E-state index contributed by atoms with van der Waals surface area (Å²) in [6.07, 6.45) is 3.22. The van der Waals surface area contributed by atoms with Gasteiger partial charge in [0.2, 0.25) is 10.0 Å². The molecule has 9 heteroatoms. The first-order valence-corrected chi connectivity index (χ1v) is 15.2. The van der Waals surface area contributed by atoms with E-state index in [1.807, 2.05) is 54.7 Å². The van der Waals surface area contributed by atoms with Gasteiger partial charge in [-0.25, -0.2) is 8.42 Å². The third-order valence-corrected chi connectivity index (χ3v) is 9.72. The monoisotopic (exact) mass is 581 g/mol. The molecule has 8 nitrogen and oxygen atoms in total. The second kappa shape index (κ2) is 11.3. The van der Waals surface area contributed by atoms with Gasteiger partial charge in [0.25, 0.3) is 5.91 Å². The van der Waals surface area contributed by atoms with Crippen molar-refractivity contribution in [3.05, 3.63) is 108 Å². The normalized spacial score (nSPS) is 14.6. The Morgan fingerprint density at radius 1 is 0.881 bits per heavy atom. The number of nitrogens with two attached hydrogens (primary N) is 1. The molecule has 0 aliphatic carbocycles. The van der Waals surface area contributed by atoms with Crippen LogP contribution in [0.2, 0.25) is 0 Å². The molecule has 1 amide bonds. The number of nitrogens with zero attached hydrogens (tertiary/aromatic N) is 1. The molecule has 4 aromatic carbocycles. The zero-order valence-corrected chi connectivity index (χ0v) is 23.9. The predicted octanol–water partition coefficient (Wildman–Crippen LogP) is 6.30. The average molecular weight is 582 g/mol. The summed E-state index contributed by atoms with van der Waals surface area (Å²) in [6.45, 7) is 0.747. The Morgan fingerprint density at radius 3 is 2.31 bits per heavy atom. The number of fused-ring (bicyclic) bond motifs is 1. The fraction of sp³-hybridized carbons (Fsp3) is 0.182. The molecule has 0 radical (unpaired) electrons. The van der Waals surface area contributed by atoms with Gasteiger partial charge in [0.1, 0.15) is 5.75 Å². The van der Waals surface area contributed by atoms with Gasteiger partial charge in [-0.2, -0.15) is 4.31 Å². The smallest absolute Gasteiger partial charge is 0.250 e. The summed E-state index contributed by atoms with van der Waals surface area (Å²) < 4.78 is 40.1. The second-order valence-electron chi connectivity index (χ2n) is 10.3. The van der Waals surface area contributed by atoms with Crippen molar-refractivity contribution in [2.45, 2.75) is 23.7 Å². The third-order valence-electron chi connectivity index (χ3n) is 7.83. The zero-order chi connectivity index (χ0) is 29.3. The molecule has 3 N–H and O–H groups in total. The van der Waals surface area contributed by atoms with Crippen LogP contribution in [-0.4, -0.2) is 43.8 Å². The minimum absolute atomic E-state index is 0.122. The molecule has 1 aliphatic rings. The number of piperidine rings is 1. The van der Waals surface area contributed by atoms with Crippen LogP contribution in [0.3, 0.4) is 0 Å². The van der Waals surface area contributed by atoms with E-state index in [9.17, 15) is 13.2 Å². The van der Waals surface area contributed by atoms with Crippen LogP contribution >= 0.6 is 0 Å². The van der Waals surface area contributed by atoms with Crippen molar-refractivity contribution in [2.75, 3.05) is 20.2 Å². The summed E-state index contributed by atoms with van der Waals surface area (Å²) in [6, 6.07) is 27.5. The van der Waals surface area contributed by atoms with Gasteiger partial charge in [-0.15, -0.1) is 0 Å². The molecule has 0 unspecified atom stereocenters. The van der Waals surface area contributed by atoms with Crippen LogP contribution < -0.4 is 15.2 Å². The molecule has 1 saturated heterocycles. The van der Waals surface area contributed by atoms with Crippen molar-refractivity contribution < 1.29 is 22.7 Å². The first-order valence-electron chi connectivity index (χ1n) is 13.8. The molecule has 0 saturated carbocycles. The van der Waals surface area contributed by atoms with Gasteiger partial charge in [-0.1, -0.05) is 48.5 Å². The lowest BCUT2D eigenvalue weighted by Crippen LogP contribution is -2.37. The Bertz CT molecular complexity index is 1860. The predicted molar refractivity (Wildman–Crippen MR) is 162 cm³/mol. The summed E-state index contributed by atoms with van der Waals surface area (Å²) in [5.74, 6) is 1.10. The number of carbonyl (C=O) groups is 1. The van der Waals surface area contributed by atoms with E-state index in [-0.39, 0.29) is 10.8 Å². The summed E-state index contributed by atoms with van der Waals surface area (Å²) in [4.78, 5) is 15.8. The Kier molecular flexibility index (Phi) is 7.45. The number of primary amides is 1. The quantitative estimate of drug-likeness (QED) is 0.223. The lowest BCUT2D eigenvalue weighted by Gasteiger charge is -2.31. The number of benzene rings is 4. The number of aromatic amines is 1. The molecule has 1 aromatic heterocycles. The van der Waals surface area contributed by atoms with E-state index in [0.29, 0.717) is 54.3 Å². The van der Waals surface area contributed by atoms with Crippen LogP contribution in [0, 0.1) is 0 Å². The zero-order valence-electron chi connectivity index (χ0n) is 23.1. The van der Waals surface area contributed by atoms with Crippen LogP contribution in [0.1, 0.15) is 34.7 Å². The van der Waals surface area contributed by atoms with Gasteiger partial charge in [0, 0.05) is 30.7 Å². The molecule has 1 fully saturated rings. The van der Waals surface area contributed by atoms with Crippen molar-refractivity contribution in [3.8, 4) is 28.4 Å². The molecule has 0 atom stereocenters. The van der Waals surface area contributed by atoms with Crippen LogP contribution in [-0.2, 0) is 10.0 Å². The number of para-hydroxylation sites is 2. The Hall–Kier alpha value is -4.60. The minimum Gasteiger partial charge on any atom is -0.493 e. The fourth-order valence-electron chi connectivity index (χ4n) is 5.67. The van der Waals surface area contributed by atoms with Gasteiger partial charge in [0.05, 0.1) is 23.1 Å². The number of hydrogen-bond acceptors (Lipinski definition) is 5. The number of amides is 1. The van der Waals surface area contributed by atoms with Gasteiger partial charge in [-0.3, -0.25) is 4.79 Å². The number of sulfonamides is 1. The summed E-state index contributed by atoms with van der Waals surface area (Å²) in [5.41, 5.74) is 9.87. The molecule has 5 aromatic rings. The standard InChI is InChI=1S/C33H31N3O5S/c1-40-30-12-5-6-13-31(30)41-25-10-7-11-26(20-25)42(38,39)36-16-14-23(15-17-36)29-21-35-32-27(29)18-24(19-28(32)33(34)37)22-8-3-2-4-9-22/h2-13,18-21,23,35H,14-17H2,1H3,(H2,34,37). The number of rotatable bonds is 8. The number of H-pyrrole nitrogens is 1. The molecule has 214 valence electrons. The maximum Gasteiger partial charge on any atom is 0.250 e. The maximum atomic E-state index is 13.6. The molecule has 6 rings (SSSR count). The summed E-state index contributed by atoms with van der Waals surface area (Å²) >= 11 is 0. The number of hydrogen-bond donors (Lipinski definition) is 2. The number of methoxy groups -OCH3 is 1. The van der Waals surface area contributed by atoms with Gasteiger partial charge in [-0.05, 0) is 71.8 Å². The van der Waals surface area contributed by atoms with E-state index in [1.165, 1.54) is 4.31 Å². The van der Waals surface area contributed by atoms with Gasteiger partial charge in [0.15, 0.2) is 11.5 Å². The number of aromatic nitrogens is 1. The van der Waals surface area contributed by atoms with E-state index in [2.05, 4.69) is 11.1 Å². The fourth-order valence-corrected chi connectivity index (χ4v) is 7.17. The van der Waals surface area contributed by atoms with Crippen molar-refractivity contribution in [1.29, 1.82) is 0 Å². The minimum atomic E-state index is -3.73. The SMILES string of the molecule is COc1ccccc1Oc1cccc(S(=O)(=O)N2CCC(c3c[nH]c4c(C(N)=O)cc(-c5ccccc5)cc34)CC2)c1. The largest absolute Gasteiger partial charge is 0.493 e. The Morgan fingerprint density at radius 2 is 1.60 bits per heavy atom. The van der Waals surface area contributed by atoms with Crippen LogP contribution in [0.25, 0.3) is 22.0 Å². The van der Waals surface area contributed by atoms with Crippen molar-refractivity contribution >= 4 is 26.8 Å². The van der Waals surface area contributed by atoms with Crippen molar-refractivity contribution in [2.24, 2.45) is 5.73 Å². The molecule has 2 heterocycles. The lowest BCUT2D eigenvalue weighted by atomic mass is 9.88. The maximum absolute atomic E-state index is 13.6. The van der Waals surface area contributed by atoms with E-state index in [1.54, 1.807) is 43.5 Å². The average Bonchev–Trinajstić information content (AvgIpc) is 3.45. The molecule has 1 aliphatic heterocycles. The highest BCUT2D eigenvalue weighted by molar-refractivity contribution is 7.89. The second-order valence-corrected chi connectivity index (χ2v) is 12.3. The molecular formula is C33H31N3O5S. The summed E-state index contributed by atoms with van der Waals surface area (Å²) in [5, 5.41) is 0.938. The topological polar surface area (TPSA) is 115 Å². The van der Waals surface area contributed by atoms with Crippen molar-refractivity contribution in [3.63, 3.8) is 0 Å². The van der Waals surface area contributed by atoms with Crippen LogP contribution in [0.4, 0.5) is 0 Å². The van der Waals surface area contributed by atoms with Crippen molar-refractivity contribution in [1.82, 2.24) is 9.29 Å². The Balaban J connectivity index is 1.23. The first kappa shape index (κ1) is 27.6. The number of ether oxygens (including phenoxy) is 2. The summed E-state index contributed by atoms with van der Waals surface area (Å²) in [7, 11) is -2.18. The van der Waals surface area contributed by atoms with Gasteiger partial charge >= 0.3 is 0 Å². The highest BCUT2D eigenvalue weighted by Crippen LogP contribution is 2.38. The number of nitrogens with one attached hydrogen (secondary N) is 1. The van der Waals surface area contributed by atoms with E-state index in [4.69, 9.17) is 15.2 Å². The number of carbonyl (C=O) groups excluding carboxylic acids is 1. The first-order chi connectivity index (χ1) is 20.3. The Labute approximate surface area is 244 Å². The highest BCUT2D eigenvalue weighted by atomic mass is 32.2. The molecule has 0 bridgehead atoms. The third kappa shape index (κ3) is 5.24. The van der Waals surface area contributed by atoms with E-state index < -0.39 is 15.9 Å². The van der Waals surface area contributed by atoms with Gasteiger partial charge < -0.3 is 20.2 Å². The molecular weight excluding hydrogens is 550 g/mol. The molecule has 42 heavy (non-hydrogen) atoms. The lowest BCUT2D eigenvalue weighted by molar-refractivity contribution is 0.100. The van der Waals surface area contributed by atoms with Crippen LogP contribution in [0.15, 0.2) is 102 Å². The van der Waals surface area contributed by atoms with E-state index >= 15 is 0 Å². The van der Waals surface area contributed by atoms with Crippen LogP contribution in [0.5, 0.6) is 17.2 Å². The van der Waals surface area contributed by atoms with E-state index in [0.717, 1.165) is 22.1 Å². The molecule has 0 spiro atoms. The highest BCUT2D eigenvalue weighted by Gasteiger charge is 2.31.